The molecule has 1 rings (SSSR count). The van der Waals surface area contributed by atoms with E-state index in [-0.39, 0.29) is 7.43 Å². The van der Waals surface area contributed by atoms with Crippen molar-refractivity contribution >= 4 is 5.57 Å². The molecule has 0 saturated heterocycles. The van der Waals surface area contributed by atoms with Gasteiger partial charge in [0.15, 0.2) is 0 Å². The Morgan fingerprint density at radius 3 is 2.15 bits per heavy atom. The summed E-state index contributed by atoms with van der Waals surface area (Å²) in [5, 5.41) is 0. The van der Waals surface area contributed by atoms with Crippen molar-refractivity contribution in [3.05, 3.63) is 67.3 Å². The molecule has 68 valence electrons. The third-order valence-electron chi connectivity index (χ3n) is 1.62. The molecule has 0 N–H and O–H groups in total. The van der Waals surface area contributed by atoms with Gasteiger partial charge in [0.1, 0.15) is 0 Å². The summed E-state index contributed by atoms with van der Waals surface area (Å²) in [5.74, 6) is 0. The predicted octanol–water partition coefficient (Wildman–Crippen LogP) is 4.08. The summed E-state index contributed by atoms with van der Waals surface area (Å²) >= 11 is 0. The van der Waals surface area contributed by atoms with Crippen molar-refractivity contribution in [3.8, 4) is 0 Å². The molecule has 0 amide bonds. The van der Waals surface area contributed by atoms with Crippen molar-refractivity contribution in [2.75, 3.05) is 0 Å². The van der Waals surface area contributed by atoms with Gasteiger partial charge in [-0.2, -0.15) is 0 Å². The largest absolute Gasteiger partial charge is 0.0990 e. The maximum atomic E-state index is 3.74. The molecule has 0 fully saturated rings. The van der Waals surface area contributed by atoms with Crippen LogP contribution in [0.2, 0.25) is 0 Å². The first-order valence-electron chi connectivity index (χ1n) is 3.89. The van der Waals surface area contributed by atoms with Crippen LogP contribution < -0.4 is 0 Å². The van der Waals surface area contributed by atoms with Crippen molar-refractivity contribution in [1.82, 2.24) is 0 Å². The second-order valence-electron chi connectivity index (χ2n) is 2.43. The maximum Gasteiger partial charge on any atom is -0.0184 e. The normalized spacial score (nSPS) is 10.0. The maximum absolute atomic E-state index is 3.74. The molecular weight excluding hydrogens is 156 g/mol. The molecule has 0 heterocycles. The van der Waals surface area contributed by atoms with E-state index >= 15 is 0 Å². The standard InChI is InChI=1S/C12H12.CH4/c1-3-8-11(4-2)12-9-6-5-7-10-12;/h3-10H,1-2H2;1H4/b11-8+;. The minimum atomic E-state index is 0. The molecule has 0 unspecified atom stereocenters. The monoisotopic (exact) mass is 172 g/mol. The Balaban J connectivity index is 0.00000144. The van der Waals surface area contributed by atoms with Crippen LogP contribution in [0.15, 0.2) is 61.7 Å². The number of hydrogen-bond acceptors (Lipinski definition) is 0. The highest BCUT2D eigenvalue weighted by Crippen LogP contribution is 2.14. The Morgan fingerprint density at radius 1 is 1.08 bits per heavy atom. The molecule has 0 aliphatic carbocycles. The molecular formula is C13H16. The van der Waals surface area contributed by atoms with E-state index in [2.05, 4.69) is 25.3 Å². The highest BCUT2D eigenvalue weighted by Gasteiger charge is 1.92. The Bertz CT molecular complexity index is 291. The molecule has 1 aromatic carbocycles. The van der Waals surface area contributed by atoms with Gasteiger partial charge in [0.25, 0.3) is 0 Å². The molecule has 0 bridgehead atoms. The molecule has 1 aromatic rings. The first kappa shape index (κ1) is 11.4. The van der Waals surface area contributed by atoms with Crippen LogP contribution in [0.5, 0.6) is 0 Å². The van der Waals surface area contributed by atoms with Gasteiger partial charge in [-0.25, -0.2) is 0 Å². The molecule has 0 nitrogen and oxygen atoms in total. The van der Waals surface area contributed by atoms with Crippen LogP contribution in [0.4, 0.5) is 0 Å². The van der Waals surface area contributed by atoms with Crippen molar-refractivity contribution < 1.29 is 0 Å². The molecule has 0 aliphatic heterocycles. The van der Waals surface area contributed by atoms with Crippen LogP contribution in [0.3, 0.4) is 0 Å². The minimum Gasteiger partial charge on any atom is -0.0990 e. The van der Waals surface area contributed by atoms with E-state index in [0.29, 0.717) is 0 Å². The van der Waals surface area contributed by atoms with Gasteiger partial charge in [0.05, 0.1) is 0 Å². The van der Waals surface area contributed by atoms with Gasteiger partial charge in [-0.15, -0.1) is 0 Å². The van der Waals surface area contributed by atoms with Gasteiger partial charge in [0.2, 0.25) is 0 Å². The molecule has 0 spiro atoms. The van der Waals surface area contributed by atoms with Crippen LogP contribution in [0.1, 0.15) is 13.0 Å². The van der Waals surface area contributed by atoms with Crippen LogP contribution in [-0.4, -0.2) is 0 Å². The molecule has 0 heteroatoms. The van der Waals surface area contributed by atoms with Crippen LogP contribution in [-0.2, 0) is 0 Å². The first-order chi connectivity index (χ1) is 5.88. The number of rotatable bonds is 3. The van der Waals surface area contributed by atoms with Crippen LogP contribution in [0.25, 0.3) is 5.57 Å². The summed E-state index contributed by atoms with van der Waals surface area (Å²) in [6, 6.07) is 10.1. The Morgan fingerprint density at radius 2 is 1.69 bits per heavy atom. The first-order valence-corrected chi connectivity index (χ1v) is 3.89. The Labute approximate surface area is 80.9 Å². The lowest BCUT2D eigenvalue weighted by molar-refractivity contribution is 1.62. The van der Waals surface area contributed by atoms with Crippen molar-refractivity contribution in [3.63, 3.8) is 0 Å². The van der Waals surface area contributed by atoms with Crippen molar-refractivity contribution in [2.45, 2.75) is 7.43 Å². The third-order valence-corrected chi connectivity index (χ3v) is 1.62. The minimum absolute atomic E-state index is 0. The van der Waals surface area contributed by atoms with Crippen LogP contribution in [0, 0.1) is 0 Å². The fourth-order valence-electron chi connectivity index (χ4n) is 1.04. The zero-order valence-electron chi connectivity index (χ0n) is 7.03. The van der Waals surface area contributed by atoms with E-state index in [4.69, 9.17) is 0 Å². The molecule has 13 heavy (non-hydrogen) atoms. The van der Waals surface area contributed by atoms with E-state index in [9.17, 15) is 0 Å². The van der Waals surface area contributed by atoms with Gasteiger partial charge in [-0.3, -0.25) is 0 Å². The van der Waals surface area contributed by atoms with Gasteiger partial charge < -0.3 is 0 Å². The number of allylic oxidation sites excluding steroid dienone is 4. The Kier molecular flexibility index (Phi) is 5.29. The zero-order chi connectivity index (χ0) is 8.81. The third kappa shape index (κ3) is 3.12. The quantitative estimate of drug-likeness (QED) is 0.603. The summed E-state index contributed by atoms with van der Waals surface area (Å²) in [7, 11) is 0. The second kappa shape index (κ2) is 6.01. The van der Waals surface area contributed by atoms with Crippen LogP contribution >= 0.6 is 0 Å². The highest BCUT2D eigenvalue weighted by atomic mass is 14.0. The fourth-order valence-corrected chi connectivity index (χ4v) is 1.04. The van der Waals surface area contributed by atoms with E-state index in [0.717, 1.165) is 5.57 Å². The lowest BCUT2D eigenvalue weighted by Gasteiger charge is -1.99. The summed E-state index contributed by atoms with van der Waals surface area (Å²) < 4.78 is 0. The Hall–Kier alpha value is -1.56. The van der Waals surface area contributed by atoms with Gasteiger partial charge >= 0.3 is 0 Å². The van der Waals surface area contributed by atoms with E-state index in [1.165, 1.54) is 5.56 Å². The molecule has 0 saturated carbocycles. The predicted molar refractivity (Wildman–Crippen MR) is 61.5 cm³/mol. The zero-order valence-corrected chi connectivity index (χ0v) is 7.03. The second-order valence-corrected chi connectivity index (χ2v) is 2.43. The van der Waals surface area contributed by atoms with Crippen molar-refractivity contribution in [2.24, 2.45) is 0 Å². The average Bonchev–Trinajstić information content (AvgIpc) is 2.15. The smallest absolute Gasteiger partial charge is 0.0184 e. The van der Waals surface area contributed by atoms with Gasteiger partial charge in [0, 0.05) is 0 Å². The molecule has 0 aliphatic rings. The molecule has 0 radical (unpaired) electrons. The summed E-state index contributed by atoms with van der Waals surface area (Å²) in [4.78, 5) is 0. The highest BCUT2D eigenvalue weighted by molar-refractivity contribution is 5.74. The fraction of sp³-hybridized carbons (Fsp3) is 0.0769. The SMILES string of the molecule is C.C=C/C=C(\C=C)c1ccccc1. The van der Waals surface area contributed by atoms with E-state index < -0.39 is 0 Å². The lowest BCUT2D eigenvalue weighted by atomic mass is 10.1. The van der Waals surface area contributed by atoms with E-state index in [1.54, 1.807) is 6.08 Å². The molecule has 0 atom stereocenters. The summed E-state index contributed by atoms with van der Waals surface area (Å²) in [6.07, 6.45) is 5.54. The van der Waals surface area contributed by atoms with E-state index in [1.807, 2.05) is 30.4 Å². The lowest BCUT2D eigenvalue weighted by Crippen LogP contribution is -1.77. The topological polar surface area (TPSA) is 0 Å². The summed E-state index contributed by atoms with van der Waals surface area (Å²) in [5.41, 5.74) is 2.28. The summed E-state index contributed by atoms with van der Waals surface area (Å²) in [6.45, 7) is 7.39. The average molecular weight is 172 g/mol. The van der Waals surface area contributed by atoms with Gasteiger partial charge in [-0.1, -0.05) is 69.1 Å². The number of hydrogen-bond donors (Lipinski definition) is 0. The number of benzene rings is 1. The molecule has 0 aromatic heterocycles. The van der Waals surface area contributed by atoms with Gasteiger partial charge in [-0.05, 0) is 11.1 Å². The van der Waals surface area contributed by atoms with Crippen molar-refractivity contribution in [1.29, 1.82) is 0 Å².